The van der Waals surface area contributed by atoms with Gasteiger partial charge in [0.2, 0.25) is 5.91 Å². The quantitative estimate of drug-likeness (QED) is 0.726. The fourth-order valence-corrected chi connectivity index (χ4v) is 3.47. The van der Waals surface area contributed by atoms with E-state index >= 15 is 0 Å². The highest BCUT2D eigenvalue weighted by atomic mass is 79.9. The van der Waals surface area contributed by atoms with Crippen LogP contribution in [0.4, 0.5) is 11.4 Å². The first-order valence-corrected chi connectivity index (χ1v) is 8.61. The molecule has 4 heteroatoms. The highest BCUT2D eigenvalue weighted by molar-refractivity contribution is 9.10. The van der Waals surface area contributed by atoms with E-state index in [1.54, 1.807) is 0 Å². The van der Waals surface area contributed by atoms with Crippen LogP contribution in [0.2, 0.25) is 0 Å². The van der Waals surface area contributed by atoms with Crippen LogP contribution in [-0.2, 0) is 11.2 Å². The zero-order chi connectivity index (χ0) is 16.5. The summed E-state index contributed by atoms with van der Waals surface area (Å²) in [5.74, 6) is 0.125. The second kappa shape index (κ2) is 6.21. The van der Waals surface area contributed by atoms with Crippen molar-refractivity contribution >= 4 is 38.9 Å². The van der Waals surface area contributed by atoms with Crippen LogP contribution in [-0.4, -0.2) is 11.6 Å². The summed E-state index contributed by atoms with van der Waals surface area (Å²) in [5, 5.41) is 0. The van der Waals surface area contributed by atoms with Gasteiger partial charge in [-0.15, -0.1) is 0 Å². The lowest BCUT2D eigenvalue weighted by Gasteiger charge is -2.23. The first-order chi connectivity index (χ1) is 11.7. The summed E-state index contributed by atoms with van der Waals surface area (Å²) in [6.07, 6.45) is 7.07. The van der Waals surface area contributed by atoms with Crippen molar-refractivity contribution in [2.24, 2.45) is 4.99 Å². The summed E-state index contributed by atoms with van der Waals surface area (Å²) >= 11 is 3.47. The highest BCUT2D eigenvalue weighted by Crippen LogP contribution is 2.34. The Bertz CT molecular complexity index is 911. The van der Waals surface area contributed by atoms with Gasteiger partial charge >= 0.3 is 0 Å². The van der Waals surface area contributed by atoms with E-state index in [1.807, 2.05) is 71.7 Å². The molecule has 1 aliphatic heterocycles. The van der Waals surface area contributed by atoms with Crippen molar-refractivity contribution in [3.63, 3.8) is 0 Å². The number of carbonyl (C=O) groups is 1. The minimum atomic E-state index is 0.125. The molecule has 1 aliphatic carbocycles. The van der Waals surface area contributed by atoms with Gasteiger partial charge in [0, 0.05) is 22.3 Å². The van der Waals surface area contributed by atoms with E-state index in [1.165, 1.54) is 0 Å². The van der Waals surface area contributed by atoms with Crippen LogP contribution in [0, 0.1) is 0 Å². The molecule has 0 bridgehead atoms. The summed E-state index contributed by atoms with van der Waals surface area (Å²) in [6, 6.07) is 15.9. The number of carbonyl (C=O) groups excluding carboxylic acids is 1. The lowest BCUT2D eigenvalue weighted by molar-refractivity contribution is -0.116. The van der Waals surface area contributed by atoms with E-state index in [9.17, 15) is 4.79 Å². The van der Waals surface area contributed by atoms with Crippen molar-refractivity contribution in [2.75, 3.05) is 4.90 Å². The number of para-hydroxylation sites is 1. The summed E-state index contributed by atoms with van der Waals surface area (Å²) in [4.78, 5) is 19.0. The van der Waals surface area contributed by atoms with Crippen LogP contribution in [0.3, 0.4) is 0 Å². The molecule has 0 radical (unpaired) electrons. The second-order valence-electron chi connectivity index (χ2n) is 5.81. The average molecular weight is 379 g/mol. The summed E-state index contributed by atoms with van der Waals surface area (Å²) in [5.41, 5.74) is 4.90. The van der Waals surface area contributed by atoms with Crippen LogP contribution in [0.15, 0.2) is 81.9 Å². The molecule has 0 unspecified atom stereocenters. The Morgan fingerprint density at radius 3 is 2.79 bits per heavy atom. The van der Waals surface area contributed by atoms with E-state index in [-0.39, 0.29) is 5.91 Å². The second-order valence-corrected chi connectivity index (χ2v) is 6.73. The Morgan fingerprint density at radius 2 is 1.92 bits per heavy atom. The molecule has 0 aromatic heterocycles. The van der Waals surface area contributed by atoms with Crippen LogP contribution >= 0.6 is 15.9 Å². The van der Waals surface area contributed by atoms with Crippen LogP contribution < -0.4 is 4.90 Å². The minimum absolute atomic E-state index is 0.125. The zero-order valence-corrected chi connectivity index (χ0v) is 14.5. The Labute approximate surface area is 149 Å². The molecule has 0 saturated heterocycles. The largest absolute Gasteiger partial charge is 0.284 e. The molecule has 1 amide bonds. The van der Waals surface area contributed by atoms with Gasteiger partial charge in [-0.25, -0.2) is 0 Å². The number of halogens is 1. The van der Waals surface area contributed by atoms with Crippen molar-refractivity contribution in [1.82, 2.24) is 0 Å². The molecule has 0 fully saturated rings. The number of rotatable bonds is 2. The van der Waals surface area contributed by atoms with Gasteiger partial charge in [0.25, 0.3) is 0 Å². The molecule has 0 saturated carbocycles. The number of anilines is 1. The molecule has 24 heavy (non-hydrogen) atoms. The van der Waals surface area contributed by atoms with Crippen LogP contribution in [0.5, 0.6) is 0 Å². The van der Waals surface area contributed by atoms with Crippen molar-refractivity contribution < 1.29 is 4.79 Å². The Hall–Kier alpha value is -2.46. The number of aliphatic imine (C=N–C) groups is 1. The van der Waals surface area contributed by atoms with Gasteiger partial charge < -0.3 is 0 Å². The van der Waals surface area contributed by atoms with Gasteiger partial charge in [0.15, 0.2) is 0 Å². The van der Waals surface area contributed by atoms with E-state index in [4.69, 9.17) is 4.99 Å². The number of allylic oxidation sites excluding steroid dienone is 4. The fraction of sp³-hybridized carbons (Fsp3) is 0.100. The first kappa shape index (κ1) is 15.1. The molecule has 0 N–H and O–H groups in total. The number of hydrogen-bond donors (Lipinski definition) is 0. The SMILES string of the molecule is O=C1Cc2ccccc2N1C1=CC=CC(=Nc2cccc(Br)c2)C1. The molecular weight excluding hydrogens is 364 g/mol. The molecule has 3 nitrogen and oxygen atoms in total. The van der Waals surface area contributed by atoms with Gasteiger partial charge in [-0.3, -0.25) is 14.7 Å². The van der Waals surface area contributed by atoms with Gasteiger partial charge in [0.05, 0.1) is 17.8 Å². The Morgan fingerprint density at radius 1 is 1.04 bits per heavy atom. The smallest absolute Gasteiger partial charge is 0.235 e. The maximum atomic E-state index is 12.5. The molecule has 2 aliphatic rings. The number of amides is 1. The number of fused-ring (bicyclic) bond motifs is 1. The molecule has 118 valence electrons. The maximum absolute atomic E-state index is 12.5. The molecule has 0 atom stereocenters. The predicted molar refractivity (Wildman–Crippen MR) is 101 cm³/mol. The molecule has 2 aromatic carbocycles. The molecule has 1 heterocycles. The number of hydrogen-bond acceptors (Lipinski definition) is 2. The van der Waals surface area contributed by atoms with E-state index in [0.29, 0.717) is 12.8 Å². The van der Waals surface area contributed by atoms with Gasteiger partial charge in [0.1, 0.15) is 0 Å². The van der Waals surface area contributed by atoms with Gasteiger partial charge in [-0.05, 0) is 42.0 Å². The Kier molecular flexibility index (Phi) is 3.90. The predicted octanol–water partition coefficient (Wildman–Crippen LogP) is 4.95. The third-order valence-electron chi connectivity index (χ3n) is 4.13. The van der Waals surface area contributed by atoms with Crippen molar-refractivity contribution in [2.45, 2.75) is 12.8 Å². The van der Waals surface area contributed by atoms with Crippen molar-refractivity contribution in [3.8, 4) is 0 Å². The highest BCUT2D eigenvalue weighted by Gasteiger charge is 2.30. The Balaban J connectivity index is 1.63. The summed E-state index contributed by atoms with van der Waals surface area (Å²) in [6.45, 7) is 0. The topological polar surface area (TPSA) is 32.7 Å². The first-order valence-electron chi connectivity index (χ1n) is 7.82. The van der Waals surface area contributed by atoms with Gasteiger partial charge in [-0.2, -0.15) is 0 Å². The number of nitrogens with zero attached hydrogens (tertiary/aromatic N) is 2. The van der Waals surface area contributed by atoms with E-state index in [2.05, 4.69) is 15.9 Å². The third kappa shape index (κ3) is 2.85. The lowest BCUT2D eigenvalue weighted by Crippen LogP contribution is -2.27. The molecule has 4 rings (SSSR count). The fourth-order valence-electron chi connectivity index (χ4n) is 3.09. The van der Waals surface area contributed by atoms with Crippen LogP contribution in [0.1, 0.15) is 12.0 Å². The van der Waals surface area contributed by atoms with Crippen molar-refractivity contribution in [1.29, 1.82) is 0 Å². The van der Waals surface area contributed by atoms with E-state index in [0.717, 1.165) is 32.8 Å². The number of benzene rings is 2. The average Bonchev–Trinajstić information content (AvgIpc) is 2.91. The third-order valence-corrected chi connectivity index (χ3v) is 4.62. The standard InChI is InChI=1S/C20H15BrN2O/c21-15-6-3-7-16(12-15)22-17-8-4-9-18(13-17)23-19-10-2-1-5-14(19)11-20(23)24/h1-10,12H,11,13H2. The van der Waals surface area contributed by atoms with Gasteiger partial charge in [-0.1, -0.05) is 46.3 Å². The normalized spacial score (nSPS) is 18.0. The maximum Gasteiger partial charge on any atom is 0.235 e. The van der Waals surface area contributed by atoms with Crippen molar-refractivity contribution in [3.05, 3.63) is 82.5 Å². The lowest BCUT2D eigenvalue weighted by atomic mass is 10.1. The monoisotopic (exact) mass is 378 g/mol. The zero-order valence-electron chi connectivity index (χ0n) is 12.9. The minimum Gasteiger partial charge on any atom is -0.284 e. The van der Waals surface area contributed by atoms with Crippen LogP contribution in [0.25, 0.3) is 0 Å². The molecule has 2 aromatic rings. The summed E-state index contributed by atoms with van der Waals surface area (Å²) in [7, 11) is 0. The molecular formula is C20H15BrN2O. The summed E-state index contributed by atoms with van der Waals surface area (Å²) < 4.78 is 1.00. The van der Waals surface area contributed by atoms with E-state index < -0.39 is 0 Å². The molecule has 0 spiro atoms.